The van der Waals surface area contributed by atoms with E-state index in [2.05, 4.69) is 0 Å². The largest absolute Gasteiger partial charge is 0.504 e. The fourth-order valence-corrected chi connectivity index (χ4v) is 1.34. The van der Waals surface area contributed by atoms with Crippen LogP contribution in [0.25, 0.3) is 0 Å². The number of aromatic hydroxyl groups is 2. The van der Waals surface area contributed by atoms with Gasteiger partial charge in [-0.3, -0.25) is 4.79 Å². The molecule has 0 aromatic heterocycles. The lowest BCUT2D eigenvalue weighted by Gasteiger charge is -2.10. The van der Waals surface area contributed by atoms with Gasteiger partial charge in [0.25, 0.3) is 0 Å². The maximum absolute atomic E-state index is 9.92. The van der Waals surface area contributed by atoms with Crippen LogP contribution in [-0.2, 0) is 9.59 Å². The van der Waals surface area contributed by atoms with Crippen molar-refractivity contribution in [3.63, 3.8) is 0 Å². The Kier molecular flexibility index (Phi) is 8.58. The highest BCUT2D eigenvalue weighted by atomic mass is 16.4. The maximum Gasteiger partial charge on any atom is 0.335 e. The highest BCUT2D eigenvalue weighted by Gasteiger charge is 2.25. The van der Waals surface area contributed by atoms with Gasteiger partial charge in [-0.25, -0.2) is 4.79 Å². The molecule has 0 spiro atoms. The number of hydrogen-bond donors (Lipinski definition) is 8. The molecule has 130 valence electrons. The molecule has 1 aromatic rings. The van der Waals surface area contributed by atoms with E-state index in [1.807, 2.05) is 0 Å². The summed E-state index contributed by atoms with van der Waals surface area (Å²) in [5, 5.41) is 60.5. The minimum Gasteiger partial charge on any atom is -0.504 e. The second-order valence-corrected chi connectivity index (χ2v) is 4.45. The Hall–Kier alpha value is -2.40. The molecule has 0 fully saturated rings. The Morgan fingerprint density at radius 2 is 1.61 bits per heavy atom. The van der Waals surface area contributed by atoms with Gasteiger partial charge in [-0.2, -0.15) is 0 Å². The van der Waals surface area contributed by atoms with Crippen LogP contribution in [-0.4, -0.2) is 66.4 Å². The minimum absolute atomic E-state index is 0.0875. The van der Waals surface area contributed by atoms with Crippen molar-refractivity contribution < 1.29 is 45.3 Å². The summed E-state index contributed by atoms with van der Waals surface area (Å²) >= 11 is 0. The number of rotatable bonds is 6. The van der Waals surface area contributed by atoms with Crippen molar-refractivity contribution in [2.45, 2.75) is 24.7 Å². The van der Waals surface area contributed by atoms with Gasteiger partial charge >= 0.3 is 11.9 Å². The van der Waals surface area contributed by atoms with E-state index in [1.165, 1.54) is 18.2 Å². The van der Waals surface area contributed by atoms with Crippen molar-refractivity contribution in [1.82, 2.24) is 0 Å². The first-order valence-electron chi connectivity index (χ1n) is 6.30. The van der Waals surface area contributed by atoms with Gasteiger partial charge in [-0.1, -0.05) is 6.07 Å². The third kappa shape index (κ3) is 7.42. The number of hydrogen-bond acceptors (Lipinski definition) is 8. The van der Waals surface area contributed by atoms with Crippen LogP contribution < -0.4 is 5.73 Å². The SMILES string of the molecule is NC[C@H](O)c1ccc(O)c(O)c1.O=C(O)C[C@@H](O)[C@H](O)C(=O)O. The second-order valence-electron chi connectivity index (χ2n) is 4.45. The predicted octanol–water partition coefficient (Wildman–Crippen LogP) is -1.64. The lowest BCUT2D eigenvalue weighted by atomic mass is 10.1. The Morgan fingerprint density at radius 3 is 2.00 bits per heavy atom. The summed E-state index contributed by atoms with van der Waals surface area (Å²) in [5.74, 6) is -3.46. The topological polar surface area (TPSA) is 202 Å². The molecule has 0 aliphatic carbocycles. The summed E-state index contributed by atoms with van der Waals surface area (Å²) in [6.07, 6.45) is -5.37. The molecular formula is C13H19NO9. The summed E-state index contributed by atoms with van der Waals surface area (Å²) in [4.78, 5) is 19.8. The zero-order valence-corrected chi connectivity index (χ0v) is 11.9. The van der Waals surface area contributed by atoms with E-state index in [9.17, 15) is 14.7 Å². The summed E-state index contributed by atoms with van der Waals surface area (Å²) in [7, 11) is 0. The normalized spacial score (nSPS) is 14.1. The predicted molar refractivity (Wildman–Crippen MR) is 75.7 cm³/mol. The molecule has 1 rings (SSSR count). The van der Waals surface area contributed by atoms with Gasteiger partial charge in [0.2, 0.25) is 0 Å². The number of aliphatic hydroxyl groups is 3. The molecule has 10 nitrogen and oxygen atoms in total. The van der Waals surface area contributed by atoms with Crippen LogP contribution in [0, 0.1) is 0 Å². The van der Waals surface area contributed by atoms with E-state index in [0.29, 0.717) is 5.56 Å². The summed E-state index contributed by atoms with van der Waals surface area (Å²) in [6.45, 7) is 0.0875. The van der Waals surface area contributed by atoms with Crippen LogP contribution in [0.3, 0.4) is 0 Å². The fraction of sp³-hybridized carbons (Fsp3) is 0.385. The van der Waals surface area contributed by atoms with Crippen molar-refractivity contribution in [3.8, 4) is 11.5 Å². The lowest BCUT2D eigenvalue weighted by Crippen LogP contribution is -2.35. The number of nitrogens with two attached hydrogens (primary N) is 1. The molecule has 3 atom stereocenters. The van der Waals surface area contributed by atoms with E-state index in [0.717, 1.165) is 0 Å². The Morgan fingerprint density at radius 1 is 1.04 bits per heavy atom. The third-order valence-electron chi connectivity index (χ3n) is 2.61. The van der Waals surface area contributed by atoms with Crippen LogP contribution in [0.1, 0.15) is 18.1 Å². The van der Waals surface area contributed by atoms with Gasteiger partial charge in [-0.05, 0) is 17.7 Å². The van der Waals surface area contributed by atoms with Crippen LogP contribution in [0.5, 0.6) is 11.5 Å². The third-order valence-corrected chi connectivity index (χ3v) is 2.61. The number of carboxylic acid groups (broad SMARTS) is 2. The van der Waals surface area contributed by atoms with Crippen molar-refractivity contribution >= 4 is 11.9 Å². The van der Waals surface area contributed by atoms with E-state index < -0.39 is 36.7 Å². The van der Waals surface area contributed by atoms with Gasteiger partial charge in [0, 0.05) is 6.54 Å². The molecule has 9 N–H and O–H groups in total. The first-order valence-corrected chi connectivity index (χ1v) is 6.30. The Balaban J connectivity index is 0.000000423. The molecular weight excluding hydrogens is 314 g/mol. The number of benzene rings is 1. The van der Waals surface area contributed by atoms with Gasteiger partial charge in [-0.15, -0.1) is 0 Å². The molecule has 10 heteroatoms. The average molecular weight is 333 g/mol. The highest BCUT2D eigenvalue weighted by Crippen LogP contribution is 2.27. The van der Waals surface area contributed by atoms with E-state index in [-0.39, 0.29) is 18.0 Å². The van der Waals surface area contributed by atoms with E-state index in [1.54, 1.807) is 0 Å². The first kappa shape index (κ1) is 20.6. The monoisotopic (exact) mass is 333 g/mol. The maximum atomic E-state index is 9.92. The average Bonchev–Trinajstić information content (AvgIpc) is 2.48. The molecule has 0 saturated heterocycles. The molecule has 0 saturated carbocycles. The molecule has 23 heavy (non-hydrogen) atoms. The van der Waals surface area contributed by atoms with Crippen molar-refractivity contribution in [3.05, 3.63) is 23.8 Å². The van der Waals surface area contributed by atoms with Crippen LogP contribution >= 0.6 is 0 Å². The summed E-state index contributed by atoms with van der Waals surface area (Å²) in [5.41, 5.74) is 5.69. The molecule has 0 radical (unpaired) electrons. The molecule has 0 aliphatic rings. The summed E-state index contributed by atoms with van der Waals surface area (Å²) in [6, 6.07) is 4.10. The number of phenolic OH excluding ortho intramolecular Hbond substituents is 2. The smallest absolute Gasteiger partial charge is 0.335 e. The second kappa shape index (κ2) is 9.58. The first-order chi connectivity index (χ1) is 10.6. The minimum atomic E-state index is -2.04. The molecule has 0 amide bonds. The van der Waals surface area contributed by atoms with Crippen molar-refractivity contribution in [2.24, 2.45) is 5.73 Å². The van der Waals surface area contributed by atoms with Gasteiger partial charge < -0.3 is 41.5 Å². The Bertz CT molecular complexity index is 534. The van der Waals surface area contributed by atoms with E-state index in [4.69, 9.17) is 36.4 Å². The molecule has 0 aliphatic heterocycles. The number of aliphatic carboxylic acids is 2. The zero-order valence-electron chi connectivity index (χ0n) is 11.9. The number of phenols is 2. The standard InChI is InChI=1S/C8H11NO3.C5H8O6/c9-4-8(12)5-1-2-6(10)7(11)3-5;6-2(1-3(7)8)4(9)5(10)11/h1-3,8,10-12H,4,9H2;2,4,6,9H,1H2,(H,7,8)(H,10,11)/t8-;2-,4+/m01/s1. The van der Waals surface area contributed by atoms with Gasteiger partial charge in [0.1, 0.15) is 6.10 Å². The van der Waals surface area contributed by atoms with Crippen molar-refractivity contribution in [2.75, 3.05) is 6.54 Å². The lowest BCUT2D eigenvalue weighted by molar-refractivity contribution is -0.155. The quantitative estimate of drug-likeness (QED) is 0.279. The van der Waals surface area contributed by atoms with Gasteiger partial charge in [0.05, 0.1) is 12.5 Å². The van der Waals surface area contributed by atoms with Crippen LogP contribution in [0.15, 0.2) is 18.2 Å². The van der Waals surface area contributed by atoms with Crippen LogP contribution in [0.4, 0.5) is 0 Å². The van der Waals surface area contributed by atoms with E-state index >= 15 is 0 Å². The van der Waals surface area contributed by atoms with Gasteiger partial charge in [0.15, 0.2) is 17.6 Å². The zero-order chi connectivity index (χ0) is 18.2. The number of aliphatic hydroxyl groups excluding tert-OH is 3. The van der Waals surface area contributed by atoms with Crippen LogP contribution in [0.2, 0.25) is 0 Å². The molecule has 0 heterocycles. The highest BCUT2D eigenvalue weighted by molar-refractivity contribution is 5.75. The fourth-order valence-electron chi connectivity index (χ4n) is 1.34. The number of carbonyl (C=O) groups is 2. The van der Waals surface area contributed by atoms with Crippen molar-refractivity contribution in [1.29, 1.82) is 0 Å². The molecule has 1 aromatic carbocycles. The summed E-state index contributed by atoms with van der Waals surface area (Å²) < 4.78 is 0. The number of carboxylic acids is 2. The Labute approximate surface area is 130 Å². The molecule has 0 unspecified atom stereocenters. The molecule has 0 bridgehead atoms.